The number of rotatable bonds is 2. The van der Waals surface area contributed by atoms with Crippen LogP contribution in [-0.2, 0) is 16.6 Å². The van der Waals surface area contributed by atoms with E-state index in [4.69, 9.17) is 0 Å². The first-order valence-corrected chi connectivity index (χ1v) is 6.91. The highest BCUT2D eigenvalue weighted by atomic mass is 16.2. The molecule has 20 heavy (non-hydrogen) atoms. The van der Waals surface area contributed by atoms with Crippen molar-refractivity contribution in [2.24, 2.45) is 13.0 Å². The van der Waals surface area contributed by atoms with Crippen molar-refractivity contribution < 1.29 is 9.59 Å². The maximum absolute atomic E-state index is 12.3. The van der Waals surface area contributed by atoms with Gasteiger partial charge in [-0.1, -0.05) is 0 Å². The molecule has 1 aromatic heterocycles. The van der Waals surface area contributed by atoms with Gasteiger partial charge in [0.05, 0.1) is 17.7 Å². The molecule has 3 rings (SSSR count). The first-order chi connectivity index (χ1) is 9.66. The van der Waals surface area contributed by atoms with Gasteiger partial charge in [-0.15, -0.1) is 0 Å². The van der Waals surface area contributed by atoms with E-state index in [-0.39, 0.29) is 23.8 Å². The Labute approximate surface area is 117 Å². The number of nitrogens with zero attached hydrogens (tertiary/aromatic N) is 3. The van der Waals surface area contributed by atoms with E-state index in [1.807, 2.05) is 18.0 Å². The second-order valence-corrected chi connectivity index (χ2v) is 5.31. The summed E-state index contributed by atoms with van der Waals surface area (Å²) in [6.45, 7) is 1.31. The van der Waals surface area contributed by atoms with Crippen molar-refractivity contribution in [3.63, 3.8) is 0 Å². The van der Waals surface area contributed by atoms with Crippen LogP contribution in [0, 0.1) is 5.92 Å². The number of aryl methyl sites for hydroxylation is 1. The van der Waals surface area contributed by atoms with E-state index in [0.29, 0.717) is 6.54 Å². The molecule has 3 heterocycles. The van der Waals surface area contributed by atoms with Crippen LogP contribution in [0.5, 0.6) is 0 Å². The Balaban J connectivity index is 1.72. The number of fused-ring (bicyclic) bond motifs is 1. The maximum atomic E-state index is 12.3. The Kier molecular flexibility index (Phi) is 3.30. The van der Waals surface area contributed by atoms with Gasteiger partial charge < -0.3 is 10.2 Å². The molecule has 0 saturated carbocycles. The Morgan fingerprint density at radius 3 is 3.15 bits per heavy atom. The molecular formula is C14H18N4O2. The van der Waals surface area contributed by atoms with Gasteiger partial charge in [0.2, 0.25) is 11.8 Å². The summed E-state index contributed by atoms with van der Waals surface area (Å²) in [5.74, 6) is 0.0262. The summed E-state index contributed by atoms with van der Waals surface area (Å²) in [4.78, 5) is 25.8. The maximum Gasteiger partial charge on any atom is 0.246 e. The van der Waals surface area contributed by atoms with E-state index in [1.54, 1.807) is 23.0 Å². The highest BCUT2D eigenvalue weighted by molar-refractivity contribution is 5.93. The molecule has 2 aliphatic rings. The Morgan fingerprint density at radius 2 is 2.40 bits per heavy atom. The summed E-state index contributed by atoms with van der Waals surface area (Å²) in [7, 11) is 1.83. The Bertz CT molecular complexity index is 563. The molecule has 0 unspecified atom stereocenters. The van der Waals surface area contributed by atoms with Crippen molar-refractivity contribution in [2.45, 2.75) is 18.9 Å². The number of amides is 2. The minimum absolute atomic E-state index is 0.0138. The summed E-state index contributed by atoms with van der Waals surface area (Å²) in [5.41, 5.74) is 0.882. The summed E-state index contributed by atoms with van der Waals surface area (Å²) >= 11 is 0. The number of piperidine rings is 1. The third-order valence-corrected chi connectivity index (χ3v) is 4.14. The van der Waals surface area contributed by atoms with Crippen LogP contribution in [0.4, 0.5) is 0 Å². The van der Waals surface area contributed by atoms with Gasteiger partial charge in [-0.2, -0.15) is 5.10 Å². The molecule has 6 nitrogen and oxygen atoms in total. The Hall–Kier alpha value is -2.11. The fourth-order valence-corrected chi connectivity index (χ4v) is 3.03. The molecule has 2 atom stereocenters. The molecule has 2 amide bonds. The van der Waals surface area contributed by atoms with Crippen LogP contribution in [0.2, 0.25) is 0 Å². The van der Waals surface area contributed by atoms with E-state index in [0.717, 1.165) is 25.1 Å². The molecule has 1 aromatic rings. The number of aromatic nitrogens is 2. The average molecular weight is 274 g/mol. The summed E-state index contributed by atoms with van der Waals surface area (Å²) < 4.78 is 1.71. The molecule has 0 aromatic carbocycles. The molecular weight excluding hydrogens is 256 g/mol. The van der Waals surface area contributed by atoms with Crippen molar-refractivity contribution >= 4 is 17.9 Å². The highest BCUT2D eigenvalue weighted by Gasteiger charge is 2.41. The number of nitrogens with one attached hydrogen (secondary N) is 1. The zero-order valence-electron chi connectivity index (χ0n) is 11.5. The highest BCUT2D eigenvalue weighted by Crippen LogP contribution is 2.27. The van der Waals surface area contributed by atoms with E-state index >= 15 is 0 Å². The average Bonchev–Trinajstić information content (AvgIpc) is 3.03. The van der Waals surface area contributed by atoms with Crippen LogP contribution < -0.4 is 5.32 Å². The summed E-state index contributed by atoms with van der Waals surface area (Å²) in [5, 5.41) is 6.91. The topological polar surface area (TPSA) is 67.2 Å². The third kappa shape index (κ3) is 2.21. The minimum Gasteiger partial charge on any atom is -0.354 e. The normalized spacial score (nSPS) is 25.9. The van der Waals surface area contributed by atoms with Crippen LogP contribution in [0.3, 0.4) is 0 Å². The van der Waals surface area contributed by atoms with Gasteiger partial charge in [-0.25, -0.2) is 0 Å². The van der Waals surface area contributed by atoms with Gasteiger partial charge in [0.15, 0.2) is 0 Å². The van der Waals surface area contributed by atoms with Crippen molar-refractivity contribution in [2.75, 3.05) is 13.1 Å². The van der Waals surface area contributed by atoms with Gasteiger partial charge in [0, 0.05) is 32.4 Å². The molecule has 0 bridgehead atoms. The largest absolute Gasteiger partial charge is 0.354 e. The predicted octanol–water partition coefficient (Wildman–Crippen LogP) is 0.170. The van der Waals surface area contributed by atoms with Gasteiger partial charge in [0.1, 0.15) is 0 Å². The van der Waals surface area contributed by atoms with E-state index < -0.39 is 0 Å². The molecule has 106 valence electrons. The van der Waals surface area contributed by atoms with Crippen molar-refractivity contribution in [1.29, 1.82) is 0 Å². The molecule has 0 radical (unpaired) electrons. The molecule has 6 heteroatoms. The van der Waals surface area contributed by atoms with Gasteiger partial charge in [-0.3, -0.25) is 14.3 Å². The van der Waals surface area contributed by atoms with E-state index in [9.17, 15) is 9.59 Å². The summed E-state index contributed by atoms with van der Waals surface area (Å²) in [6.07, 6.45) is 6.80. The number of carbonyl (C=O) groups is 2. The van der Waals surface area contributed by atoms with Crippen LogP contribution in [0.15, 0.2) is 18.3 Å². The molecule has 0 aliphatic carbocycles. The van der Waals surface area contributed by atoms with Gasteiger partial charge in [-0.05, 0) is 25.0 Å². The van der Waals surface area contributed by atoms with Crippen LogP contribution in [-0.4, -0.2) is 45.6 Å². The third-order valence-electron chi connectivity index (χ3n) is 4.14. The lowest BCUT2D eigenvalue weighted by atomic mass is 9.91. The van der Waals surface area contributed by atoms with Crippen molar-refractivity contribution in [1.82, 2.24) is 20.0 Å². The van der Waals surface area contributed by atoms with Gasteiger partial charge >= 0.3 is 0 Å². The zero-order chi connectivity index (χ0) is 14.1. The quantitative estimate of drug-likeness (QED) is 0.782. The fourth-order valence-electron chi connectivity index (χ4n) is 3.03. The minimum atomic E-state index is -0.0302. The molecule has 2 saturated heterocycles. The lowest BCUT2D eigenvalue weighted by molar-refractivity contribution is -0.132. The number of hydrogen-bond acceptors (Lipinski definition) is 3. The number of hydrogen-bond donors (Lipinski definition) is 1. The van der Waals surface area contributed by atoms with E-state index in [1.165, 1.54) is 0 Å². The van der Waals surface area contributed by atoms with Gasteiger partial charge in [0.25, 0.3) is 0 Å². The summed E-state index contributed by atoms with van der Waals surface area (Å²) in [6, 6.07) is 1.86. The fraction of sp³-hybridized carbons (Fsp3) is 0.500. The second-order valence-electron chi connectivity index (χ2n) is 5.31. The number of likely N-dealkylation sites (tertiary alicyclic amines) is 1. The molecule has 2 aliphatic heterocycles. The lowest BCUT2D eigenvalue weighted by Crippen LogP contribution is -2.48. The number of carbonyl (C=O) groups excluding carboxylic acids is 2. The van der Waals surface area contributed by atoms with Crippen LogP contribution in [0.1, 0.15) is 18.5 Å². The molecule has 2 fully saturated rings. The first-order valence-electron chi connectivity index (χ1n) is 6.91. The Morgan fingerprint density at radius 1 is 1.55 bits per heavy atom. The monoisotopic (exact) mass is 274 g/mol. The zero-order valence-corrected chi connectivity index (χ0v) is 11.5. The predicted molar refractivity (Wildman–Crippen MR) is 73.5 cm³/mol. The van der Waals surface area contributed by atoms with E-state index in [2.05, 4.69) is 10.4 Å². The molecule has 1 N–H and O–H groups in total. The van der Waals surface area contributed by atoms with Crippen LogP contribution in [0.25, 0.3) is 6.08 Å². The first kappa shape index (κ1) is 12.9. The van der Waals surface area contributed by atoms with Crippen molar-refractivity contribution in [3.05, 3.63) is 24.0 Å². The van der Waals surface area contributed by atoms with Crippen LogP contribution >= 0.6 is 0 Å². The van der Waals surface area contributed by atoms with Crippen molar-refractivity contribution in [3.8, 4) is 0 Å². The molecule has 0 spiro atoms. The SMILES string of the molecule is Cn1nccc1/C=C/C(=O)N1CCC[C@H]2C(=O)NC[C@H]21. The smallest absolute Gasteiger partial charge is 0.246 e. The standard InChI is InChI=1S/C14H18N4O2/c1-17-10(6-7-16-17)4-5-13(19)18-8-2-3-11-12(18)9-15-14(11)20/h4-7,11-12H,2-3,8-9H2,1H3,(H,15,20)/b5-4+/t11-,12-/m1/s1. The second kappa shape index (κ2) is 5.11. The lowest BCUT2D eigenvalue weighted by Gasteiger charge is -2.35.